The summed E-state index contributed by atoms with van der Waals surface area (Å²) in [7, 11) is 0. The van der Waals surface area contributed by atoms with E-state index in [4.69, 9.17) is 5.11 Å². The van der Waals surface area contributed by atoms with Crippen LogP contribution in [0.5, 0.6) is 0 Å². The molecule has 0 radical (unpaired) electrons. The molecule has 0 spiro atoms. The summed E-state index contributed by atoms with van der Waals surface area (Å²) in [5.41, 5.74) is 0.734. The van der Waals surface area contributed by atoms with Crippen molar-refractivity contribution in [3.63, 3.8) is 0 Å². The largest absolute Gasteiger partial charge is 0.384 e. The van der Waals surface area contributed by atoms with Gasteiger partial charge in [0, 0.05) is 18.0 Å². The van der Waals surface area contributed by atoms with E-state index in [1.165, 1.54) is 24.2 Å². The highest BCUT2D eigenvalue weighted by Crippen LogP contribution is 2.23. The second-order valence-corrected chi connectivity index (χ2v) is 5.98. The van der Waals surface area contributed by atoms with Gasteiger partial charge in [-0.05, 0) is 25.3 Å². The summed E-state index contributed by atoms with van der Waals surface area (Å²) in [6, 6.07) is 2.21. The predicted molar refractivity (Wildman–Crippen MR) is 81.9 cm³/mol. The molecule has 2 heterocycles. The van der Waals surface area contributed by atoms with Crippen LogP contribution in [-0.2, 0) is 0 Å². The minimum atomic E-state index is -0.148. The molecule has 20 heavy (non-hydrogen) atoms. The van der Waals surface area contributed by atoms with Crippen LogP contribution in [-0.4, -0.2) is 35.1 Å². The van der Waals surface area contributed by atoms with E-state index in [0.29, 0.717) is 6.04 Å². The maximum absolute atomic E-state index is 12.6. The fourth-order valence-corrected chi connectivity index (χ4v) is 3.42. The number of thiophene rings is 1. The number of aliphatic hydroxyl groups is 1. The van der Waals surface area contributed by atoms with Gasteiger partial charge in [-0.3, -0.25) is 4.79 Å². The average molecular weight is 291 g/mol. The van der Waals surface area contributed by atoms with Crippen molar-refractivity contribution in [2.45, 2.75) is 45.1 Å². The van der Waals surface area contributed by atoms with Crippen LogP contribution in [0, 0.1) is 11.8 Å². The van der Waals surface area contributed by atoms with Crippen molar-refractivity contribution in [3.8, 4) is 11.8 Å². The SMILES string of the molecule is CCC1CCCCCN1C(=O)c1csc(C#CCO)c1. The molecule has 0 bridgehead atoms. The van der Waals surface area contributed by atoms with E-state index in [0.717, 1.165) is 36.2 Å². The van der Waals surface area contributed by atoms with Gasteiger partial charge in [-0.1, -0.05) is 31.6 Å². The van der Waals surface area contributed by atoms with Crippen molar-refractivity contribution >= 4 is 17.2 Å². The number of carbonyl (C=O) groups is 1. The van der Waals surface area contributed by atoms with Crippen LogP contribution in [0.2, 0.25) is 0 Å². The molecule has 1 aromatic heterocycles. The molecular weight excluding hydrogens is 270 g/mol. The summed E-state index contributed by atoms with van der Waals surface area (Å²) < 4.78 is 0. The van der Waals surface area contributed by atoms with Crippen LogP contribution in [0.1, 0.15) is 54.3 Å². The molecule has 1 atom stereocenters. The zero-order valence-electron chi connectivity index (χ0n) is 11.9. The lowest BCUT2D eigenvalue weighted by molar-refractivity contribution is 0.0679. The third-order valence-corrected chi connectivity index (χ3v) is 4.59. The summed E-state index contributed by atoms with van der Waals surface area (Å²) in [5.74, 6) is 5.61. The highest BCUT2D eigenvalue weighted by atomic mass is 32.1. The summed E-state index contributed by atoms with van der Waals surface area (Å²) >= 11 is 1.46. The second kappa shape index (κ2) is 7.47. The minimum absolute atomic E-state index is 0.132. The molecule has 1 N–H and O–H groups in total. The molecule has 2 rings (SSSR count). The normalized spacial score (nSPS) is 19.1. The maximum Gasteiger partial charge on any atom is 0.254 e. The Hall–Kier alpha value is -1.31. The van der Waals surface area contributed by atoms with Gasteiger partial charge >= 0.3 is 0 Å². The third-order valence-electron chi connectivity index (χ3n) is 3.75. The molecule has 1 aliphatic heterocycles. The van der Waals surface area contributed by atoms with Crippen molar-refractivity contribution in [3.05, 3.63) is 21.9 Å². The molecule has 1 amide bonds. The first-order chi connectivity index (χ1) is 9.76. The highest BCUT2D eigenvalue weighted by Gasteiger charge is 2.25. The third kappa shape index (κ3) is 3.62. The van der Waals surface area contributed by atoms with Gasteiger partial charge < -0.3 is 10.0 Å². The Balaban J connectivity index is 2.14. The minimum Gasteiger partial charge on any atom is -0.384 e. The monoisotopic (exact) mass is 291 g/mol. The number of rotatable bonds is 2. The Morgan fingerprint density at radius 1 is 1.50 bits per heavy atom. The molecule has 3 nitrogen and oxygen atoms in total. The summed E-state index contributed by atoms with van der Waals surface area (Å²) in [5, 5.41) is 10.6. The second-order valence-electron chi connectivity index (χ2n) is 5.07. The Kier molecular flexibility index (Phi) is 5.63. The van der Waals surface area contributed by atoms with Gasteiger partial charge in [-0.2, -0.15) is 0 Å². The molecule has 0 aromatic carbocycles. The van der Waals surface area contributed by atoms with E-state index >= 15 is 0 Å². The maximum atomic E-state index is 12.6. The molecule has 108 valence electrons. The van der Waals surface area contributed by atoms with Gasteiger partial charge in [-0.15, -0.1) is 11.3 Å². The zero-order valence-corrected chi connectivity index (χ0v) is 12.7. The number of carbonyl (C=O) groups excluding carboxylic acids is 1. The smallest absolute Gasteiger partial charge is 0.254 e. The highest BCUT2D eigenvalue weighted by molar-refractivity contribution is 7.10. The van der Waals surface area contributed by atoms with Crippen molar-refractivity contribution in [2.75, 3.05) is 13.2 Å². The van der Waals surface area contributed by atoms with Gasteiger partial charge in [0.05, 0.1) is 10.4 Å². The number of nitrogens with zero attached hydrogens (tertiary/aromatic N) is 1. The van der Waals surface area contributed by atoms with Crippen LogP contribution >= 0.6 is 11.3 Å². The van der Waals surface area contributed by atoms with Crippen molar-refractivity contribution < 1.29 is 9.90 Å². The van der Waals surface area contributed by atoms with Crippen LogP contribution in [0.4, 0.5) is 0 Å². The quantitative estimate of drug-likeness (QED) is 0.851. The van der Waals surface area contributed by atoms with Crippen LogP contribution in [0.3, 0.4) is 0 Å². The molecule has 1 saturated heterocycles. The molecule has 1 aliphatic rings. The van der Waals surface area contributed by atoms with E-state index in [9.17, 15) is 4.79 Å². The first kappa shape index (κ1) is 15.1. The van der Waals surface area contributed by atoms with Gasteiger partial charge in [0.25, 0.3) is 5.91 Å². The fourth-order valence-electron chi connectivity index (χ4n) is 2.68. The number of amides is 1. The van der Waals surface area contributed by atoms with E-state index in [2.05, 4.69) is 18.8 Å². The van der Waals surface area contributed by atoms with Gasteiger partial charge in [0.15, 0.2) is 0 Å². The van der Waals surface area contributed by atoms with Gasteiger partial charge in [0.2, 0.25) is 0 Å². The zero-order chi connectivity index (χ0) is 14.4. The van der Waals surface area contributed by atoms with Crippen LogP contribution < -0.4 is 0 Å². The first-order valence-corrected chi connectivity index (χ1v) is 8.13. The Bertz CT molecular complexity index is 512. The molecule has 0 aliphatic carbocycles. The summed E-state index contributed by atoms with van der Waals surface area (Å²) in [6.07, 6.45) is 5.68. The lowest BCUT2D eigenvalue weighted by atomic mass is 10.1. The van der Waals surface area contributed by atoms with Crippen LogP contribution in [0.15, 0.2) is 11.4 Å². The van der Waals surface area contributed by atoms with E-state index in [-0.39, 0.29) is 12.5 Å². The van der Waals surface area contributed by atoms with Crippen molar-refractivity contribution in [1.82, 2.24) is 4.90 Å². The standard InChI is InChI=1S/C16H21NO2S/c1-2-14-7-4-3-5-9-17(14)16(19)13-11-15(20-12-13)8-6-10-18/h11-12,14,18H,2-5,7,9-10H2,1H3. The summed E-state index contributed by atoms with van der Waals surface area (Å²) in [6.45, 7) is 2.87. The first-order valence-electron chi connectivity index (χ1n) is 7.25. The Morgan fingerprint density at radius 2 is 2.35 bits per heavy atom. The number of likely N-dealkylation sites (tertiary alicyclic amines) is 1. The molecule has 1 aromatic rings. The van der Waals surface area contributed by atoms with E-state index in [1.54, 1.807) is 0 Å². The topological polar surface area (TPSA) is 40.5 Å². The number of aliphatic hydroxyl groups excluding tert-OH is 1. The molecule has 1 unspecified atom stereocenters. The van der Waals surface area contributed by atoms with Crippen molar-refractivity contribution in [2.24, 2.45) is 0 Å². The van der Waals surface area contributed by atoms with E-state index < -0.39 is 0 Å². The number of hydrogen-bond acceptors (Lipinski definition) is 3. The average Bonchev–Trinajstić information content (AvgIpc) is 2.81. The number of hydrogen-bond donors (Lipinski definition) is 1. The molecular formula is C16H21NO2S. The fraction of sp³-hybridized carbons (Fsp3) is 0.562. The molecule has 4 heteroatoms. The Morgan fingerprint density at radius 3 is 3.10 bits per heavy atom. The molecule has 0 saturated carbocycles. The summed E-state index contributed by atoms with van der Waals surface area (Å²) in [4.78, 5) is 15.5. The Labute approximate surface area is 124 Å². The predicted octanol–water partition coefficient (Wildman–Crippen LogP) is 2.89. The van der Waals surface area contributed by atoms with Gasteiger partial charge in [-0.25, -0.2) is 0 Å². The lowest BCUT2D eigenvalue weighted by Gasteiger charge is -2.29. The van der Waals surface area contributed by atoms with E-state index in [1.807, 2.05) is 16.3 Å². The van der Waals surface area contributed by atoms with Crippen molar-refractivity contribution in [1.29, 1.82) is 0 Å². The lowest BCUT2D eigenvalue weighted by Crippen LogP contribution is -2.39. The van der Waals surface area contributed by atoms with Crippen LogP contribution in [0.25, 0.3) is 0 Å². The molecule has 1 fully saturated rings. The van der Waals surface area contributed by atoms with Gasteiger partial charge in [0.1, 0.15) is 6.61 Å².